The zero-order chi connectivity index (χ0) is 20.9. The zero-order valence-corrected chi connectivity index (χ0v) is 16.9. The van der Waals surface area contributed by atoms with Crippen molar-refractivity contribution in [2.45, 2.75) is 23.5 Å². The van der Waals surface area contributed by atoms with E-state index in [0.29, 0.717) is 22.6 Å². The van der Waals surface area contributed by atoms with Gasteiger partial charge in [0.2, 0.25) is 10.0 Å². The summed E-state index contributed by atoms with van der Waals surface area (Å²) in [6.07, 6.45) is -0.287. The first-order valence-corrected chi connectivity index (χ1v) is 10.7. The maximum Gasteiger partial charge on any atom is 0.253 e. The lowest BCUT2D eigenvalue weighted by Crippen LogP contribution is -2.43. The fourth-order valence-electron chi connectivity index (χ4n) is 2.26. The van der Waals surface area contributed by atoms with Gasteiger partial charge in [-0.1, -0.05) is 52.6 Å². The van der Waals surface area contributed by atoms with Gasteiger partial charge in [-0.3, -0.25) is 4.79 Å². The highest BCUT2D eigenvalue weighted by Gasteiger charge is 2.25. The van der Waals surface area contributed by atoms with Gasteiger partial charge in [0.15, 0.2) is 10.6 Å². The van der Waals surface area contributed by atoms with Gasteiger partial charge in [-0.05, 0) is 5.56 Å². The average molecular weight is 454 g/mol. The van der Waals surface area contributed by atoms with Crippen molar-refractivity contribution in [3.8, 4) is 11.3 Å². The quantitative estimate of drug-likeness (QED) is 0.496. The Labute approximate surface area is 171 Å². The molecule has 3 N–H and O–H groups in total. The Morgan fingerprint density at radius 3 is 2.50 bits per heavy atom. The van der Waals surface area contributed by atoms with Crippen LogP contribution in [0.25, 0.3) is 11.3 Å². The molecule has 0 saturated carbocycles. The number of benzene rings is 1. The number of nitrogens with zero attached hydrogens (tertiary/aromatic N) is 1. The number of aromatic nitrogens is 1. The number of hydrogen-bond acceptors (Lipinski definition) is 6. The summed E-state index contributed by atoms with van der Waals surface area (Å²) in [6, 6.07) is 6.63. The second-order valence-corrected chi connectivity index (χ2v) is 8.84. The Balaban J connectivity index is 2.08. The summed E-state index contributed by atoms with van der Waals surface area (Å²) in [6.45, 7) is -1.03. The van der Waals surface area contributed by atoms with Crippen molar-refractivity contribution in [2.24, 2.45) is 0 Å². The summed E-state index contributed by atoms with van der Waals surface area (Å²) in [4.78, 5) is 10.1. The number of rotatable bonds is 9. The van der Waals surface area contributed by atoms with Gasteiger partial charge < -0.3 is 14.9 Å². The lowest BCUT2D eigenvalue weighted by Gasteiger charge is -2.22. The third-order valence-corrected chi connectivity index (χ3v) is 4.75. The molecule has 2 rings (SSSR count). The number of halogens is 3. The summed E-state index contributed by atoms with van der Waals surface area (Å²) in [5, 5.41) is 16.3. The number of aliphatic hydroxyl groups is 1. The van der Waals surface area contributed by atoms with Crippen molar-refractivity contribution in [3.05, 3.63) is 41.6 Å². The van der Waals surface area contributed by atoms with E-state index in [9.17, 15) is 22.7 Å². The van der Waals surface area contributed by atoms with E-state index in [1.165, 1.54) is 12.1 Å². The molecule has 2 aromatic rings. The van der Waals surface area contributed by atoms with Crippen molar-refractivity contribution >= 4 is 39.1 Å². The van der Waals surface area contributed by atoms with Gasteiger partial charge in [0.05, 0.1) is 24.5 Å². The molecule has 2 atom stereocenters. The molecular weight excluding hydrogens is 436 g/mol. The van der Waals surface area contributed by atoms with Crippen LogP contribution in [0.3, 0.4) is 0 Å². The number of carbonyl (C=O) groups excluding carboxylic acids is 1. The Hall–Kier alpha value is -1.72. The second-order valence-electron chi connectivity index (χ2n) is 5.91. The van der Waals surface area contributed by atoms with Crippen LogP contribution in [0.4, 0.5) is 4.39 Å². The van der Waals surface area contributed by atoms with Crippen molar-refractivity contribution in [1.29, 1.82) is 0 Å². The van der Waals surface area contributed by atoms with Gasteiger partial charge >= 0.3 is 0 Å². The van der Waals surface area contributed by atoms with E-state index in [2.05, 4.69) is 15.2 Å². The molecule has 0 aliphatic heterocycles. The van der Waals surface area contributed by atoms with Gasteiger partial charge in [-0.2, -0.15) is 0 Å². The Bertz CT molecular complexity index is 905. The number of sulfonamides is 1. The maximum atomic E-state index is 13.2. The minimum Gasteiger partial charge on any atom is -0.386 e. The lowest BCUT2D eigenvalue weighted by atomic mass is 10.0. The molecule has 0 spiro atoms. The predicted octanol–water partition coefficient (Wildman–Crippen LogP) is 1.68. The van der Waals surface area contributed by atoms with Gasteiger partial charge in [0, 0.05) is 11.6 Å². The highest BCUT2D eigenvalue weighted by Crippen LogP contribution is 2.24. The largest absolute Gasteiger partial charge is 0.386 e. The molecular formula is C16H18Cl2FN3O5S. The second kappa shape index (κ2) is 9.66. The molecule has 0 saturated heterocycles. The minimum atomic E-state index is -3.35. The van der Waals surface area contributed by atoms with E-state index in [-0.39, 0.29) is 6.54 Å². The topological polar surface area (TPSA) is 122 Å². The van der Waals surface area contributed by atoms with E-state index in [1.54, 1.807) is 18.2 Å². The number of amides is 1. The number of nitrogens with one attached hydrogen (secondary N) is 2. The molecule has 1 heterocycles. The Morgan fingerprint density at radius 2 is 1.96 bits per heavy atom. The van der Waals surface area contributed by atoms with Crippen LogP contribution in [-0.4, -0.2) is 48.4 Å². The normalized spacial score (nSPS) is 14.1. The monoisotopic (exact) mass is 453 g/mol. The van der Waals surface area contributed by atoms with Crippen LogP contribution in [0, 0.1) is 0 Å². The molecule has 1 aromatic heterocycles. The summed E-state index contributed by atoms with van der Waals surface area (Å²) in [5.41, 5.74) is 1.35. The first kappa shape index (κ1) is 22.6. The first-order valence-electron chi connectivity index (χ1n) is 7.94. The van der Waals surface area contributed by atoms with Crippen LogP contribution in [-0.2, 0) is 21.4 Å². The third-order valence-electron chi connectivity index (χ3n) is 3.68. The Kier molecular flexibility index (Phi) is 7.79. The van der Waals surface area contributed by atoms with Gasteiger partial charge in [-0.25, -0.2) is 17.5 Å². The molecule has 0 aliphatic rings. The van der Waals surface area contributed by atoms with Crippen LogP contribution in [0.2, 0.25) is 0 Å². The molecule has 1 amide bonds. The predicted molar refractivity (Wildman–Crippen MR) is 102 cm³/mol. The fourth-order valence-corrected chi connectivity index (χ4v) is 2.80. The van der Waals surface area contributed by atoms with E-state index >= 15 is 0 Å². The van der Waals surface area contributed by atoms with Crippen LogP contribution in [0.15, 0.2) is 34.9 Å². The number of carbonyl (C=O) groups is 1. The van der Waals surface area contributed by atoms with E-state index in [0.717, 1.165) is 6.26 Å². The Morgan fingerprint density at radius 1 is 1.32 bits per heavy atom. The van der Waals surface area contributed by atoms with Gasteiger partial charge in [-0.15, -0.1) is 0 Å². The van der Waals surface area contributed by atoms with Crippen LogP contribution in [0.5, 0.6) is 0 Å². The maximum absolute atomic E-state index is 13.2. The number of hydrogen-bond donors (Lipinski definition) is 3. The summed E-state index contributed by atoms with van der Waals surface area (Å²) >= 11 is 10.8. The summed E-state index contributed by atoms with van der Waals surface area (Å²) < 4.78 is 42.9. The van der Waals surface area contributed by atoms with Crippen molar-refractivity contribution in [1.82, 2.24) is 15.2 Å². The highest BCUT2D eigenvalue weighted by atomic mass is 35.5. The molecule has 1 aromatic carbocycles. The smallest absolute Gasteiger partial charge is 0.253 e. The van der Waals surface area contributed by atoms with Crippen molar-refractivity contribution in [2.75, 3.05) is 12.9 Å². The molecule has 154 valence electrons. The molecule has 0 fully saturated rings. The number of alkyl halides is 3. The van der Waals surface area contributed by atoms with Crippen LogP contribution >= 0.6 is 23.2 Å². The number of aliphatic hydroxyl groups excluding tert-OH is 1. The standard InChI is InChI=1S/C16H18Cl2FN3O5S/c1-28(25,26)20-8-11-6-13(27-22-11)9-2-4-10(5-3-9)14(23)12(7-19)21-16(24)15(17)18/h2-6,12,14-15,20,23H,7-8H2,1H3,(H,21,24). The van der Waals surface area contributed by atoms with Gasteiger partial charge in [0.1, 0.15) is 12.8 Å². The zero-order valence-electron chi connectivity index (χ0n) is 14.6. The highest BCUT2D eigenvalue weighted by molar-refractivity contribution is 7.88. The first-order chi connectivity index (χ1) is 13.1. The lowest BCUT2D eigenvalue weighted by molar-refractivity contribution is -0.121. The molecule has 0 radical (unpaired) electrons. The average Bonchev–Trinajstić information content (AvgIpc) is 3.12. The van der Waals surface area contributed by atoms with Crippen LogP contribution in [0.1, 0.15) is 17.4 Å². The van der Waals surface area contributed by atoms with Gasteiger partial charge in [0.25, 0.3) is 5.91 Å². The van der Waals surface area contributed by atoms with E-state index < -0.39 is 39.6 Å². The molecule has 28 heavy (non-hydrogen) atoms. The van der Waals surface area contributed by atoms with E-state index in [1.807, 2.05) is 0 Å². The summed E-state index contributed by atoms with van der Waals surface area (Å²) in [7, 11) is -3.35. The van der Waals surface area contributed by atoms with Crippen molar-refractivity contribution < 1.29 is 27.2 Å². The van der Waals surface area contributed by atoms with Crippen LogP contribution < -0.4 is 10.0 Å². The SMILES string of the molecule is CS(=O)(=O)NCc1cc(-c2ccc(C(O)C(CF)NC(=O)C(Cl)Cl)cc2)on1. The molecule has 0 bridgehead atoms. The fraction of sp³-hybridized carbons (Fsp3) is 0.375. The molecule has 8 nitrogen and oxygen atoms in total. The van der Waals surface area contributed by atoms with Crippen molar-refractivity contribution in [3.63, 3.8) is 0 Å². The van der Waals surface area contributed by atoms with E-state index in [4.69, 9.17) is 27.7 Å². The minimum absolute atomic E-state index is 0.0147. The third kappa shape index (κ3) is 6.42. The molecule has 12 heteroatoms. The molecule has 0 aliphatic carbocycles. The summed E-state index contributed by atoms with van der Waals surface area (Å²) in [5.74, 6) is -0.424. The molecule has 2 unspecified atom stereocenters.